The number of aromatic nitrogens is 4. The Morgan fingerprint density at radius 2 is 1.94 bits per heavy atom. The topological polar surface area (TPSA) is 84.2 Å². The van der Waals surface area contributed by atoms with Gasteiger partial charge in [0.15, 0.2) is 16.6 Å². The molecule has 1 unspecified atom stereocenters. The highest BCUT2D eigenvalue weighted by atomic mass is 32.1. The predicted molar refractivity (Wildman–Crippen MR) is 118 cm³/mol. The van der Waals surface area contributed by atoms with Gasteiger partial charge in [-0.1, -0.05) is 0 Å². The fourth-order valence-corrected chi connectivity index (χ4v) is 5.30. The van der Waals surface area contributed by atoms with E-state index in [0.29, 0.717) is 53.6 Å². The van der Waals surface area contributed by atoms with Gasteiger partial charge in [-0.05, 0) is 50.0 Å². The second-order valence-corrected chi connectivity index (χ2v) is 9.21. The lowest BCUT2D eigenvalue weighted by molar-refractivity contribution is -0.138. The van der Waals surface area contributed by atoms with E-state index in [-0.39, 0.29) is 19.0 Å². The van der Waals surface area contributed by atoms with Crippen LogP contribution in [0.3, 0.4) is 0 Å². The second kappa shape index (κ2) is 8.40. The Balaban J connectivity index is 1.59. The molecule has 1 saturated heterocycles. The van der Waals surface area contributed by atoms with Gasteiger partial charge >= 0.3 is 6.18 Å². The van der Waals surface area contributed by atoms with E-state index in [1.54, 1.807) is 18.7 Å². The average Bonchev–Trinajstić information content (AvgIpc) is 3.51. The van der Waals surface area contributed by atoms with Gasteiger partial charge in [-0.2, -0.15) is 17.5 Å². The number of hydrogen-bond acceptors (Lipinski definition) is 6. The van der Waals surface area contributed by atoms with Crippen LogP contribution >= 0.6 is 11.5 Å². The molecule has 5 rings (SSSR count). The minimum Gasteiger partial charge on any atom is -0.328 e. The SMILES string of the molecule is Cc1nsc(-c2nc(N3CCCC3=O)c3n2CCN(C(=O)c2ccc(F)cc2C(F)(F)F)C3C)n1. The first-order chi connectivity index (χ1) is 16.6. The van der Waals surface area contributed by atoms with Crippen molar-refractivity contribution in [3.8, 4) is 10.8 Å². The van der Waals surface area contributed by atoms with Crippen molar-refractivity contribution in [2.75, 3.05) is 18.0 Å². The molecular weight excluding hydrogens is 488 g/mol. The highest BCUT2D eigenvalue weighted by Gasteiger charge is 2.41. The van der Waals surface area contributed by atoms with Crippen LogP contribution in [0.5, 0.6) is 0 Å². The van der Waals surface area contributed by atoms with Gasteiger partial charge in [0.25, 0.3) is 5.91 Å². The molecule has 0 saturated carbocycles. The van der Waals surface area contributed by atoms with Crippen molar-refractivity contribution in [3.63, 3.8) is 0 Å². The monoisotopic (exact) mass is 508 g/mol. The first-order valence-electron chi connectivity index (χ1n) is 11.0. The molecule has 8 nitrogen and oxygen atoms in total. The third kappa shape index (κ3) is 3.97. The Morgan fingerprint density at radius 3 is 2.57 bits per heavy atom. The fourth-order valence-electron chi connectivity index (χ4n) is 4.63. The molecule has 0 radical (unpaired) electrons. The largest absolute Gasteiger partial charge is 0.417 e. The number of aryl methyl sites for hydroxylation is 1. The van der Waals surface area contributed by atoms with Crippen LogP contribution in [0, 0.1) is 12.7 Å². The third-order valence-corrected chi connectivity index (χ3v) is 7.04. The molecule has 13 heteroatoms. The average molecular weight is 509 g/mol. The summed E-state index contributed by atoms with van der Waals surface area (Å²) in [6.45, 7) is 4.21. The van der Waals surface area contributed by atoms with Crippen molar-refractivity contribution >= 4 is 29.2 Å². The first-order valence-corrected chi connectivity index (χ1v) is 11.7. The number of alkyl halides is 3. The maximum Gasteiger partial charge on any atom is 0.417 e. The van der Waals surface area contributed by atoms with Crippen molar-refractivity contribution in [2.45, 2.75) is 45.5 Å². The minimum absolute atomic E-state index is 0.0935. The van der Waals surface area contributed by atoms with Crippen LogP contribution in [0.1, 0.15) is 53.2 Å². The third-order valence-electron chi connectivity index (χ3n) is 6.24. The lowest BCUT2D eigenvalue weighted by atomic mass is 10.0. The maximum atomic E-state index is 13.6. The van der Waals surface area contributed by atoms with Gasteiger partial charge in [0.05, 0.1) is 22.9 Å². The number of halogens is 4. The van der Waals surface area contributed by atoms with Gasteiger partial charge in [0, 0.05) is 26.1 Å². The molecule has 1 atom stereocenters. The molecule has 0 bridgehead atoms. The molecule has 2 amide bonds. The van der Waals surface area contributed by atoms with Crippen molar-refractivity contribution in [3.05, 3.63) is 46.7 Å². The maximum absolute atomic E-state index is 13.6. The summed E-state index contributed by atoms with van der Waals surface area (Å²) in [6, 6.07) is 1.32. The number of imidazole rings is 1. The molecule has 3 aromatic rings. The van der Waals surface area contributed by atoms with Crippen molar-refractivity contribution < 1.29 is 27.2 Å². The number of benzene rings is 1. The molecule has 1 aromatic carbocycles. The van der Waals surface area contributed by atoms with Crippen LogP contribution in [0.25, 0.3) is 10.8 Å². The highest BCUT2D eigenvalue weighted by molar-refractivity contribution is 7.09. The number of anilines is 1. The molecule has 4 heterocycles. The Hall–Kier alpha value is -3.35. The van der Waals surface area contributed by atoms with E-state index in [2.05, 4.69) is 9.36 Å². The number of fused-ring (bicyclic) bond motifs is 1. The summed E-state index contributed by atoms with van der Waals surface area (Å²) in [4.78, 5) is 37.9. The van der Waals surface area contributed by atoms with Gasteiger partial charge in [-0.25, -0.2) is 14.4 Å². The Labute approximate surface area is 201 Å². The van der Waals surface area contributed by atoms with E-state index in [1.165, 1.54) is 4.90 Å². The summed E-state index contributed by atoms with van der Waals surface area (Å²) in [5, 5.41) is 0.548. The van der Waals surface area contributed by atoms with E-state index >= 15 is 0 Å². The number of carbonyl (C=O) groups excluding carboxylic acids is 2. The Kier molecular flexibility index (Phi) is 5.61. The zero-order valence-electron chi connectivity index (χ0n) is 18.8. The molecule has 2 aliphatic rings. The van der Waals surface area contributed by atoms with Crippen molar-refractivity contribution in [1.82, 2.24) is 23.8 Å². The number of amides is 2. The normalized spacial score (nSPS) is 18.3. The highest BCUT2D eigenvalue weighted by Crippen LogP contribution is 2.40. The summed E-state index contributed by atoms with van der Waals surface area (Å²) < 4.78 is 60.4. The lowest BCUT2D eigenvalue weighted by Gasteiger charge is -2.36. The van der Waals surface area contributed by atoms with E-state index < -0.39 is 35.1 Å². The molecule has 0 aliphatic carbocycles. The lowest BCUT2D eigenvalue weighted by Crippen LogP contribution is -2.42. The van der Waals surface area contributed by atoms with Gasteiger partial charge in [0.1, 0.15) is 11.6 Å². The van der Waals surface area contributed by atoms with Gasteiger partial charge in [0.2, 0.25) is 5.91 Å². The van der Waals surface area contributed by atoms with E-state index in [0.717, 1.165) is 23.7 Å². The zero-order valence-corrected chi connectivity index (χ0v) is 19.6. The van der Waals surface area contributed by atoms with Gasteiger partial charge < -0.3 is 9.47 Å². The van der Waals surface area contributed by atoms with E-state index in [9.17, 15) is 27.2 Å². The summed E-state index contributed by atoms with van der Waals surface area (Å²) in [5.74, 6) is -0.625. The van der Waals surface area contributed by atoms with Crippen LogP contribution in [0.2, 0.25) is 0 Å². The summed E-state index contributed by atoms with van der Waals surface area (Å²) >= 11 is 1.15. The van der Waals surface area contributed by atoms with Crippen LogP contribution < -0.4 is 4.90 Å². The molecular formula is C22H20F4N6O2S. The fraction of sp³-hybridized carbons (Fsp3) is 0.409. The molecule has 35 heavy (non-hydrogen) atoms. The molecule has 1 fully saturated rings. The van der Waals surface area contributed by atoms with E-state index in [4.69, 9.17) is 4.98 Å². The number of hydrogen-bond donors (Lipinski definition) is 0. The van der Waals surface area contributed by atoms with Crippen molar-refractivity contribution in [2.24, 2.45) is 0 Å². The van der Waals surface area contributed by atoms with Gasteiger partial charge in [-0.3, -0.25) is 14.5 Å². The second-order valence-electron chi connectivity index (χ2n) is 8.45. The van der Waals surface area contributed by atoms with Crippen molar-refractivity contribution in [1.29, 1.82) is 0 Å². The van der Waals surface area contributed by atoms with Gasteiger partial charge in [-0.15, -0.1) is 0 Å². The standard InChI is InChI=1S/C22H20F4N6O2S/c1-11-17-18(31-7-3-4-16(31)33)28-19(20-27-12(2)29-35-20)32(17)9-8-30(11)21(34)14-6-5-13(23)10-15(14)22(24,25)26/h5-6,10-11H,3-4,7-9H2,1-2H3. The van der Waals surface area contributed by atoms with Crippen LogP contribution in [0.4, 0.5) is 23.4 Å². The number of nitrogens with zero attached hydrogens (tertiary/aromatic N) is 6. The molecule has 0 N–H and O–H groups in total. The molecule has 184 valence electrons. The minimum atomic E-state index is -4.90. The quantitative estimate of drug-likeness (QED) is 0.495. The molecule has 2 aromatic heterocycles. The summed E-state index contributed by atoms with van der Waals surface area (Å²) in [5.41, 5.74) is -1.41. The Bertz CT molecular complexity index is 1330. The summed E-state index contributed by atoms with van der Waals surface area (Å²) in [7, 11) is 0. The van der Waals surface area contributed by atoms with Crippen LogP contribution in [-0.2, 0) is 17.5 Å². The van der Waals surface area contributed by atoms with E-state index in [1.807, 2.05) is 4.57 Å². The van der Waals surface area contributed by atoms with Crippen LogP contribution in [-0.4, -0.2) is 48.7 Å². The zero-order chi connectivity index (χ0) is 25.1. The number of carbonyl (C=O) groups is 2. The number of rotatable bonds is 3. The summed E-state index contributed by atoms with van der Waals surface area (Å²) in [6.07, 6.45) is -3.88. The van der Waals surface area contributed by atoms with Crippen LogP contribution in [0.15, 0.2) is 18.2 Å². The molecule has 2 aliphatic heterocycles. The smallest absolute Gasteiger partial charge is 0.328 e. The Morgan fingerprint density at radius 1 is 1.17 bits per heavy atom. The first kappa shape index (κ1) is 23.4. The predicted octanol–water partition coefficient (Wildman–Crippen LogP) is 4.21. The molecule has 0 spiro atoms.